The number of benzene rings is 3. The van der Waals surface area contributed by atoms with Crippen LogP contribution in [0.15, 0.2) is 77.7 Å². The van der Waals surface area contributed by atoms with Crippen molar-refractivity contribution in [2.45, 2.75) is 31.2 Å². The summed E-state index contributed by atoms with van der Waals surface area (Å²) in [5.41, 5.74) is 4.52. The lowest BCUT2D eigenvalue weighted by atomic mass is 9.95. The van der Waals surface area contributed by atoms with Crippen LogP contribution in [-0.2, 0) is 21.4 Å². The predicted molar refractivity (Wildman–Crippen MR) is 139 cm³/mol. The first-order chi connectivity index (χ1) is 16.8. The molecular weight excluding hydrogens is 458 g/mol. The molecule has 35 heavy (non-hydrogen) atoms. The Bertz CT molecular complexity index is 1330. The molecular formula is C28H31N3O3S. The molecule has 1 amide bonds. The first-order valence-electron chi connectivity index (χ1n) is 12.1. The Morgan fingerprint density at radius 3 is 2.26 bits per heavy atom. The molecule has 0 saturated carbocycles. The maximum Gasteiger partial charge on any atom is 0.265 e. The lowest BCUT2D eigenvalue weighted by molar-refractivity contribution is -0.131. The smallest absolute Gasteiger partial charge is 0.265 e. The van der Waals surface area contributed by atoms with E-state index in [2.05, 4.69) is 36.9 Å². The number of carbonyl (C=O) groups excluding carboxylic acids is 1. The summed E-state index contributed by atoms with van der Waals surface area (Å²) in [7, 11) is -3.84. The van der Waals surface area contributed by atoms with E-state index in [4.69, 9.17) is 0 Å². The molecule has 0 atom stereocenters. The third-order valence-electron chi connectivity index (χ3n) is 6.95. The molecule has 182 valence electrons. The van der Waals surface area contributed by atoms with Crippen molar-refractivity contribution >= 4 is 21.6 Å². The molecule has 2 heterocycles. The molecule has 5 rings (SSSR count). The summed E-state index contributed by atoms with van der Waals surface area (Å²) in [6.07, 6.45) is 0. The summed E-state index contributed by atoms with van der Waals surface area (Å²) in [4.78, 5) is 17.7. The first kappa shape index (κ1) is 23.6. The highest BCUT2D eigenvalue weighted by Gasteiger charge is 2.37. The van der Waals surface area contributed by atoms with Crippen LogP contribution in [0.4, 0.5) is 5.69 Å². The Morgan fingerprint density at radius 2 is 1.54 bits per heavy atom. The highest BCUT2D eigenvalue weighted by atomic mass is 32.2. The number of rotatable bonds is 5. The number of nitrogens with zero attached hydrogens (tertiary/aromatic N) is 3. The molecule has 0 spiro atoms. The fourth-order valence-corrected chi connectivity index (χ4v) is 6.54. The van der Waals surface area contributed by atoms with Crippen LogP contribution in [-0.4, -0.2) is 56.8 Å². The van der Waals surface area contributed by atoms with Gasteiger partial charge in [-0.2, -0.15) is 0 Å². The Kier molecular flexibility index (Phi) is 6.38. The van der Waals surface area contributed by atoms with Crippen LogP contribution in [0.5, 0.6) is 0 Å². The van der Waals surface area contributed by atoms with Crippen LogP contribution in [0.3, 0.4) is 0 Å². The second-order valence-electron chi connectivity index (χ2n) is 9.58. The summed E-state index contributed by atoms with van der Waals surface area (Å²) < 4.78 is 28.5. The van der Waals surface area contributed by atoms with E-state index in [9.17, 15) is 13.2 Å². The first-order valence-corrected chi connectivity index (χ1v) is 13.6. The van der Waals surface area contributed by atoms with E-state index < -0.39 is 10.0 Å². The zero-order valence-corrected chi connectivity index (χ0v) is 21.0. The van der Waals surface area contributed by atoms with Crippen molar-refractivity contribution in [2.24, 2.45) is 0 Å². The average Bonchev–Trinajstić information content (AvgIpc) is 2.87. The standard InChI is InChI=1S/C28H31N3O3S/c1-21(2)23-12-13-26-25(18-23)24-10-6-7-11-27(24)35(33,34)31(26)20-28(32)30-16-14-29(15-17-30)19-22-8-4-3-5-9-22/h3-13,18,21H,14-17,19-20H2,1-2H3. The van der Waals surface area contributed by atoms with Gasteiger partial charge in [0, 0.05) is 43.9 Å². The molecule has 0 aromatic heterocycles. The monoisotopic (exact) mass is 489 g/mol. The number of hydrogen-bond donors (Lipinski definition) is 0. The maximum atomic E-state index is 13.6. The van der Waals surface area contributed by atoms with Gasteiger partial charge >= 0.3 is 0 Å². The fraction of sp³-hybridized carbons (Fsp3) is 0.321. The summed E-state index contributed by atoms with van der Waals surface area (Å²) in [6.45, 7) is 7.62. The minimum atomic E-state index is -3.84. The van der Waals surface area contributed by atoms with Gasteiger partial charge in [-0.05, 0) is 35.2 Å². The van der Waals surface area contributed by atoms with Crippen LogP contribution in [0.1, 0.15) is 30.9 Å². The van der Waals surface area contributed by atoms with Crippen molar-refractivity contribution in [2.75, 3.05) is 37.0 Å². The normalized spacial score (nSPS) is 17.2. The number of anilines is 1. The molecule has 2 aliphatic heterocycles. The van der Waals surface area contributed by atoms with Gasteiger partial charge in [0.25, 0.3) is 10.0 Å². The van der Waals surface area contributed by atoms with Gasteiger partial charge in [-0.25, -0.2) is 8.42 Å². The molecule has 7 heteroatoms. The predicted octanol–water partition coefficient (Wildman–Crippen LogP) is 4.33. The maximum absolute atomic E-state index is 13.6. The SMILES string of the molecule is CC(C)c1ccc2c(c1)-c1ccccc1S(=O)(=O)N2CC(=O)N1CCN(Cc2ccccc2)CC1. The van der Waals surface area contributed by atoms with Gasteiger partial charge in [-0.15, -0.1) is 0 Å². The van der Waals surface area contributed by atoms with Crippen molar-refractivity contribution in [3.05, 3.63) is 83.9 Å². The quantitative estimate of drug-likeness (QED) is 0.535. The van der Waals surface area contributed by atoms with Crippen molar-refractivity contribution in [1.82, 2.24) is 9.80 Å². The van der Waals surface area contributed by atoms with Crippen LogP contribution < -0.4 is 4.31 Å². The molecule has 0 bridgehead atoms. The zero-order chi connectivity index (χ0) is 24.6. The van der Waals surface area contributed by atoms with Crippen molar-refractivity contribution in [3.63, 3.8) is 0 Å². The Morgan fingerprint density at radius 1 is 0.857 bits per heavy atom. The van der Waals surface area contributed by atoms with Crippen molar-refractivity contribution in [3.8, 4) is 11.1 Å². The molecule has 0 N–H and O–H groups in total. The minimum Gasteiger partial charge on any atom is -0.339 e. The second-order valence-corrected chi connectivity index (χ2v) is 11.4. The number of piperazine rings is 1. The summed E-state index contributed by atoms with van der Waals surface area (Å²) >= 11 is 0. The van der Waals surface area contributed by atoms with E-state index in [1.54, 1.807) is 17.0 Å². The molecule has 0 radical (unpaired) electrons. The average molecular weight is 490 g/mol. The van der Waals surface area contributed by atoms with E-state index in [0.717, 1.165) is 30.8 Å². The Labute approximate surface area is 207 Å². The lowest BCUT2D eigenvalue weighted by Crippen LogP contribution is -2.51. The molecule has 3 aromatic rings. The van der Waals surface area contributed by atoms with Gasteiger partial charge in [0.1, 0.15) is 6.54 Å². The van der Waals surface area contributed by atoms with E-state index in [0.29, 0.717) is 30.3 Å². The second kappa shape index (κ2) is 9.47. The summed E-state index contributed by atoms with van der Waals surface area (Å²) in [5.74, 6) is 0.152. The molecule has 0 unspecified atom stereocenters. The number of fused-ring (bicyclic) bond motifs is 3. The number of amides is 1. The van der Waals surface area contributed by atoms with Gasteiger partial charge in [0.05, 0.1) is 10.6 Å². The van der Waals surface area contributed by atoms with E-state index in [1.165, 1.54) is 9.87 Å². The van der Waals surface area contributed by atoms with Gasteiger partial charge < -0.3 is 4.90 Å². The van der Waals surface area contributed by atoms with Crippen LogP contribution >= 0.6 is 0 Å². The summed E-state index contributed by atoms with van der Waals surface area (Å²) in [5, 5.41) is 0. The molecule has 2 aliphatic rings. The fourth-order valence-electron chi connectivity index (χ4n) is 4.90. The van der Waals surface area contributed by atoms with Gasteiger partial charge in [-0.3, -0.25) is 14.0 Å². The van der Waals surface area contributed by atoms with Gasteiger partial charge in [0.15, 0.2) is 0 Å². The van der Waals surface area contributed by atoms with Gasteiger partial charge in [0.2, 0.25) is 5.91 Å². The molecule has 6 nitrogen and oxygen atoms in total. The third-order valence-corrected chi connectivity index (χ3v) is 8.77. The van der Waals surface area contributed by atoms with Crippen LogP contribution in [0, 0.1) is 0 Å². The van der Waals surface area contributed by atoms with Gasteiger partial charge in [-0.1, -0.05) is 68.4 Å². The zero-order valence-electron chi connectivity index (χ0n) is 20.2. The van der Waals surface area contributed by atoms with Crippen molar-refractivity contribution < 1.29 is 13.2 Å². The molecule has 0 aliphatic carbocycles. The highest BCUT2D eigenvalue weighted by molar-refractivity contribution is 7.93. The lowest BCUT2D eigenvalue weighted by Gasteiger charge is -2.37. The Hall–Kier alpha value is -3.16. The molecule has 1 fully saturated rings. The molecule has 1 saturated heterocycles. The number of carbonyl (C=O) groups is 1. The van der Waals surface area contributed by atoms with Crippen LogP contribution in [0.25, 0.3) is 11.1 Å². The number of hydrogen-bond acceptors (Lipinski definition) is 4. The minimum absolute atomic E-state index is 0.161. The van der Waals surface area contributed by atoms with E-state index in [-0.39, 0.29) is 17.3 Å². The van der Waals surface area contributed by atoms with Crippen molar-refractivity contribution in [1.29, 1.82) is 0 Å². The topological polar surface area (TPSA) is 60.9 Å². The van der Waals surface area contributed by atoms with E-state index in [1.807, 2.05) is 42.5 Å². The summed E-state index contributed by atoms with van der Waals surface area (Å²) in [6, 6.07) is 23.3. The van der Waals surface area contributed by atoms with Crippen LogP contribution in [0.2, 0.25) is 0 Å². The highest BCUT2D eigenvalue weighted by Crippen LogP contribution is 2.44. The van der Waals surface area contributed by atoms with E-state index >= 15 is 0 Å². The largest absolute Gasteiger partial charge is 0.339 e. The Balaban J connectivity index is 1.36. The third kappa shape index (κ3) is 4.58. The number of sulfonamides is 1. The molecule has 3 aromatic carbocycles.